The summed E-state index contributed by atoms with van der Waals surface area (Å²) in [6.07, 6.45) is 0. The molecule has 0 unspecified atom stereocenters. The summed E-state index contributed by atoms with van der Waals surface area (Å²) in [5.41, 5.74) is 7.28. The average molecular weight is 178 g/mol. The van der Waals surface area contributed by atoms with Crippen LogP contribution in [0.4, 0.5) is 5.82 Å². The van der Waals surface area contributed by atoms with E-state index in [1.54, 1.807) is 6.07 Å². The van der Waals surface area contributed by atoms with Gasteiger partial charge in [-0.25, -0.2) is 4.98 Å². The molecule has 1 heterocycles. The van der Waals surface area contributed by atoms with Gasteiger partial charge in [-0.05, 0) is 24.5 Å². The summed E-state index contributed by atoms with van der Waals surface area (Å²) >= 11 is 3.98. The van der Waals surface area contributed by atoms with Crippen molar-refractivity contribution in [3.05, 3.63) is 23.4 Å². The van der Waals surface area contributed by atoms with E-state index < -0.39 is 0 Å². The largest absolute Gasteiger partial charge is 0.384 e. The molecule has 2 N–H and O–H groups in total. The van der Waals surface area contributed by atoms with E-state index in [9.17, 15) is 0 Å². The fourth-order valence-electron chi connectivity index (χ4n) is 0.794. The summed E-state index contributed by atoms with van der Waals surface area (Å²) in [4.78, 5) is 4.08. The lowest BCUT2D eigenvalue weighted by Crippen LogP contribution is -1.94. The molecule has 1 aromatic heterocycles. The molecule has 0 radical (unpaired) electrons. The molecule has 0 fully saturated rings. The highest BCUT2D eigenvalue weighted by atomic mass is 32.1. The first-order valence-electron chi connectivity index (χ1n) is 3.57. The average Bonchev–Trinajstić information content (AvgIpc) is 2.07. The minimum atomic E-state index is 0.504. The van der Waals surface area contributed by atoms with Crippen molar-refractivity contribution in [3.8, 4) is 11.8 Å². The number of nitrogen functional groups attached to an aromatic ring is 1. The fraction of sp³-hybridized carbons (Fsp3) is 0.222. The Labute approximate surface area is 77.6 Å². The maximum atomic E-state index is 5.50. The van der Waals surface area contributed by atoms with Gasteiger partial charge < -0.3 is 5.73 Å². The lowest BCUT2D eigenvalue weighted by Gasteiger charge is -1.97. The van der Waals surface area contributed by atoms with E-state index in [4.69, 9.17) is 5.73 Å². The molecule has 12 heavy (non-hydrogen) atoms. The van der Waals surface area contributed by atoms with E-state index in [-0.39, 0.29) is 0 Å². The second-order valence-corrected chi connectivity index (χ2v) is 2.68. The van der Waals surface area contributed by atoms with Crippen LogP contribution in [0.15, 0.2) is 12.1 Å². The zero-order chi connectivity index (χ0) is 8.97. The van der Waals surface area contributed by atoms with Gasteiger partial charge in [0.25, 0.3) is 0 Å². The Balaban J connectivity index is 3.05. The van der Waals surface area contributed by atoms with Crippen LogP contribution in [0, 0.1) is 18.8 Å². The van der Waals surface area contributed by atoms with Crippen LogP contribution in [0.5, 0.6) is 0 Å². The smallest absolute Gasteiger partial charge is 0.124 e. The normalized spacial score (nSPS) is 8.83. The predicted molar refractivity (Wildman–Crippen MR) is 54.1 cm³/mol. The molecular weight excluding hydrogens is 168 g/mol. The minimum Gasteiger partial charge on any atom is -0.384 e. The van der Waals surface area contributed by atoms with Gasteiger partial charge in [0.2, 0.25) is 0 Å². The molecule has 0 saturated carbocycles. The summed E-state index contributed by atoms with van der Waals surface area (Å²) < 4.78 is 0. The molecule has 0 aliphatic carbocycles. The van der Waals surface area contributed by atoms with Gasteiger partial charge in [-0.3, -0.25) is 0 Å². The molecule has 2 nitrogen and oxygen atoms in total. The molecule has 0 aliphatic heterocycles. The van der Waals surface area contributed by atoms with Crippen molar-refractivity contribution in [2.45, 2.75) is 6.92 Å². The van der Waals surface area contributed by atoms with E-state index in [2.05, 4.69) is 29.5 Å². The van der Waals surface area contributed by atoms with Crippen molar-refractivity contribution in [2.24, 2.45) is 0 Å². The van der Waals surface area contributed by atoms with Gasteiger partial charge in [-0.1, -0.05) is 12.0 Å². The molecule has 3 heteroatoms. The number of hydrogen-bond acceptors (Lipinski definition) is 3. The standard InChI is InChI=1S/C9H10N2S/c1-7-4-5-9(10)11-8(7)3-2-6-12/h4-5,12H,6H2,1H3,(H2,10,11). The Bertz CT molecular complexity index is 336. The van der Waals surface area contributed by atoms with Crippen molar-refractivity contribution in [1.29, 1.82) is 0 Å². The number of nitrogens with zero attached hydrogens (tertiary/aromatic N) is 1. The number of rotatable bonds is 0. The fourth-order valence-corrected chi connectivity index (χ4v) is 0.873. The van der Waals surface area contributed by atoms with Gasteiger partial charge >= 0.3 is 0 Å². The summed E-state index contributed by atoms with van der Waals surface area (Å²) in [5.74, 6) is 6.76. The van der Waals surface area contributed by atoms with Crippen LogP contribution < -0.4 is 5.73 Å². The minimum absolute atomic E-state index is 0.504. The van der Waals surface area contributed by atoms with Gasteiger partial charge in [0.15, 0.2) is 0 Å². The maximum Gasteiger partial charge on any atom is 0.124 e. The number of aryl methyl sites for hydroxylation is 1. The Morgan fingerprint density at radius 3 is 3.00 bits per heavy atom. The van der Waals surface area contributed by atoms with Crippen molar-refractivity contribution in [1.82, 2.24) is 4.98 Å². The Kier molecular flexibility index (Phi) is 3.01. The van der Waals surface area contributed by atoms with Crippen molar-refractivity contribution in [3.63, 3.8) is 0 Å². The van der Waals surface area contributed by atoms with Crippen LogP contribution in [-0.2, 0) is 0 Å². The van der Waals surface area contributed by atoms with Crippen molar-refractivity contribution in [2.75, 3.05) is 11.5 Å². The first-order chi connectivity index (χ1) is 5.74. The van der Waals surface area contributed by atoms with Gasteiger partial charge in [0.1, 0.15) is 11.5 Å². The molecular formula is C9H10N2S. The van der Waals surface area contributed by atoms with Crippen LogP contribution in [0.2, 0.25) is 0 Å². The van der Waals surface area contributed by atoms with Crippen LogP contribution >= 0.6 is 12.6 Å². The van der Waals surface area contributed by atoms with Crippen LogP contribution in [0.25, 0.3) is 0 Å². The Morgan fingerprint density at radius 1 is 1.58 bits per heavy atom. The quantitative estimate of drug-likeness (QED) is 0.463. The SMILES string of the molecule is Cc1ccc(N)nc1C#CCS. The molecule has 0 atom stereocenters. The van der Waals surface area contributed by atoms with Crippen molar-refractivity contribution < 1.29 is 0 Å². The number of aromatic nitrogens is 1. The predicted octanol–water partition coefficient (Wildman–Crippen LogP) is 1.25. The first-order valence-corrected chi connectivity index (χ1v) is 4.20. The Hall–Kier alpha value is -1.14. The van der Waals surface area contributed by atoms with E-state index in [1.165, 1.54) is 0 Å². The summed E-state index contributed by atoms with van der Waals surface area (Å²) in [6, 6.07) is 3.67. The number of thiol groups is 1. The molecule has 0 amide bonds. The molecule has 62 valence electrons. The molecule has 0 saturated heterocycles. The molecule has 0 aromatic carbocycles. The topological polar surface area (TPSA) is 38.9 Å². The maximum absolute atomic E-state index is 5.50. The second kappa shape index (κ2) is 4.03. The Morgan fingerprint density at radius 2 is 2.33 bits per heavy atom. The molecule has 1 aromatic rings. The number of pyridine rings is 1. The molecule has 0 bridgehead atoms. The van der Waals surface area contributed by atoms with E-state index >= 15 is 0 Å². The van der Waals surface area contributed by atoms with E-state index in [1.807, 2.05) is 13.0 Å². The molecule has 0 spiro atoms. The summed E-state index contributed by atoms with van der Waals surface area (Å²) in [7, 11) is 0. The highest BCUT2D eigenvalue weighted by Gasteiger charge is 1.95. The van der Waals surface area contributed by atoms with E-state index in [0.717, 1.165) is 11.3 Å². The van der Waals surface area contributed by atoms with Crippen LogP contribution in [0.3, 0.4) is 0 Å². The third-order valence-corrected chi connectivity index (χ3v) is 1.56. The van der Waals surface area contributed by atoms with Gasteiger partial charge in [-0.15, -0.1) is 0 Å². The summed E-state index contributed by atoms with van der Waals surface area (Å²) in [5, 5.41) is 0. The number of hydrogen-bond donors (Lipinski definition) is 2. The highest BCUT2D eigenvalue weighted by Crippen LogP contribution is 2.05. The molecule has 1 rings (SSSR count). The van der Waals surface area contributed by atoms with Crippen LogP contribution in [0.1, 0.15) is 11.3 Å². The lowest BCUT2D eigenvalue weighted by atomic mass is 10.2. The monoisotopic (exact) mass is 178 g/mol. The first kappa shape index (κ1) is 8.95. The second-order valence-electron chi connectivity index (χ2n) is 2.36. The zero-order valence-corrected chi connectivity index (χ0v) is 7.73. The highest BCUT2D eigenvalue weighted by molar-refractivity contribution is 7.80. The number of anilines is 1. The van der Waals surface area contributed by atoms with Crippen molar-refractivity contribution >= 4 is 18.4 Å². The third-order valence-electron chi connectivity index (χ3n) is 1.40. The lowest BCUT2D eigenvalue weighted by molar-refractivity contribution is 1.24. The third kappa shape index (κ3) is 2.18. The zero-order valence-electron chi connectivity index (χ0n) is 6.83. The van der Waals surface area contributed by atoms with Gasteiger partial charge in [-0.2, -0.15) is 12.6 Å². The van der Waals surface area contributed by atoms with Gasteiger partial charge in [0.05, 0.1) is 5.75 Å². The number of nitrogens with two attached hydrogens (primary N) is 1. The van der Waals surface area contributed by atoms with Crippen LogP contribution in [-0.4, -0.2) is 10.7 Å². The summed E-state index contributed by atoms with van der Waals surface area (Å²) in [6.45, 7) is 1.95. The molecule has 0 aliphatic rings. The van der Waals surface area contributed by atoms with E-state index in [0.29, 0.717) is 11.6 Å². The van der Waals surface area contributed by atoms with Gasteiger partial charge in [0, 0.05) is 0 Å².